The third-order valence-corrected chi connectivity index (χ3v) is 2.69. The first-order chi connectivity index (χ1) is 7.63. The fourth-order valence-electron chi connectivity index (χ4n) is 0.960. The Hall–Kier alpha value is -1.25. The predicted octanol–water partition coefficient (Wildman–Crippen LogP) is 2.67. The van der Waals surface area contributed by atoms with Crippen LogP contribution in [-0.2, 0) is 4.79 Å². The van der Waals surface area contributed by atoms with E-state index in [1.54, 1.807) is 0 Å². The summed E-state index contributed by atoms with van der Waals surface area (Å²) in [4.78, 5) is 11.3. The van der Waals surface area contributed by atoms with E-state index in [2.05, 4.69) is 5.32 Å². The van der Waals surface area contributed by atoms with E-state index < -0.39 is 5.82 Å². The normalized spacial score (nSPS) is 9.56. The molecular formula is C10H8ClFN2OS. The molecule has 16 heavy (non-hydrogen) atoms. The number of nitrogens with one attached hydrogen (secondary N) is 1. The summed E-state index contributed by atoms with van der Waals surface area (Å²) in [6.45, 7) is 0. The van der Waals surface area contributed by atoms with Crippen LogP contribution in [0.25, 0.3) is 0 Å². The molecule has 1 aromatic carbocycles. The zero-order valence-electron chi connectivity index (χ0n) is 8.17. The highest BCUT2D eigenvalue weighted by Crippen LogP contribution is 2.19. The zero-order chi connectivity index (χ0) is 12.0. The Balaban J connectivity index is 2.50. The smallest absolute Gasteiger partial charge is 0.234 e. The Morgan fingerprint density at radius 1 is 1.62 bits per heavy atom. The summed E-state index contributed by atoms with van der Waals surface area (Å²) >= 11 is 6.76. The van der Waals surface area contributed by atoms with Crippen LogP contribution in [0.3, 0.4) is 0 Å². The average molecular weight is 259 g/mol. The molecule has 1 amide bonds. The second-order valence-electron chi connectivity index (χ2n) is 2.83. The molecule has 0 heterocycles. The van der Waals surface area contributed by atoms with Gasteiger partial charge in [-0.05, 0) is 18.2 Å². The van der Waals surface area contributed by atoms with E-state index >= 15 is 0 Å². The van der Waals surface area contributed by atoms with Gasteiger partial charge in [-0.15, -0.1) is 11.8 Å². The molecule has 0 spiro atoms. The number of carbonyl (C=O) groups is 1. The lowest BCUT2D eigenvalue weighted by molar-refractivity contribution is -0.113. The molecule has 0 bridgehead atoms. The predicted molar refractivity (Wildman–Crippen MR) is 63.0 cm³/mol. The van der Waals surface area contributed by atoms with Gasteiger partial charge in [0.05, 0.1) is 22.6 Å². The summed E-state index contributed by atoms with van der Waals surface area (Å²) < 4.78 is 12.8. The monoisotopic (exact) mass is 258 g/mol. The largest absolute Gasteiger partial charge is 0.325 e. The highest BCUT2D eigenvalue weighted by atomic mass is 35.5. The number of rotatable bonds is 4. The minimum Gasteiger partial charge on any atom is -0.325 e. The van der Waals surface area contributed by atoms with Gasteiger partial charge < -0.3 is 5.32 Å². The molecule has 0 atom stereocenters. The topological polar surface area (TPSA) is 52.9 Å². The van der Waals surface area contributed by atoms with Crippen molar-refractivity contribution in [1.82, 2.24) is 0 Å². The molecule has 1 aromatic rings. The molecule has 0 aliphatic heterocycles. The van der Waals surface area contributed by atoms with Gasteiger partial charge in [0.1, 0.15) is 5.82 Å². The van der Waals surface area contributed by atoms with Crippen molar-refractivity contribution in [3.05, 3.63) is 29.0 Å². The summed E-state index contributed by atoms with van der Waals surface area (Å²) in [6.07, 6.45) is 0. The van der Waals surface area contributed by atoms with Crippen molar-refractivity contribution in [2.45, 2.75) is 0 Å². The molecule has 0 aliphatic carbocycles. The lowest BCUT2D eigenvalue weighted by Gasteiger charge is -2.04. The molecule has 0 saturated carbocycles. The second kappa shape index (κ2) is 6.36. The summed E-state index contributed by atoms with van der Waals surface area (Å²) in [6, 6.07) is 5.86. The van der Waals surface area contributed by atoms with E-state index in [-0.39, 0.29) is 22.4 Å². The van der Waals surface area contributed by atoms with Crippen molar-refractivity contribution in [3.63, 3.8) is 0 Å². The minimum absolute atomic E-state index is 0.0394. The fraction of sp³-hybridized carbons (Fsp3) is 0.200. The number of amides is 1. The zero-order valence-corrected chi connectivity index (χ0v) is 9.74. The first-order valence-electron chi connectivity index (χ1n) is 4.33. The van der Waals surface area contributed by atoms with Crippen LogP contribution >= 0.6 is 23.4 Å². The standard InChI is InChI=1S/C10H8ClFN2OS/c11-8-5-7(1-2-9(8)12)14-10(15)6-16-4-3-13/h1-2,5H,4,6H2,(H,14,15). The second-order valence-corrected chi connectivity index (χ2v) is 4.22. The van der Waals surface area contributed by atoms with E-state index in [1.165, 1.54) is 30.0 Å². The van der Waals surface area contributed by atoms with Crippen molar-refractivity contribution >= 4 is 35.0 Å². The van der Waals surface area contributed by atoms with Gasteiger partial charge >= 0.3 is 0 Å². The Kier molecular flexibility index (Phi) is 5.09. The van der Waals surface area contributed by atoms with E-state index in [9.17, 15) is 9.18 Å². The van der Waals surface area contributed by atoms with Gasteiger partial charge in [0.2, 0.25) is 5.91 Å². The Morgan fingerprint density at radius 2 is 2.38 bits per heavy atom. The maximum atomic E-state index is 12.8. The van der Waals surface area contributed by atoms with E-state index in [0.717, 1.165) is 0 Å². The van der Waals surface area contributed by atoms with Crippen molar-refractivity contribution in [3.8, 4) is 6.07 Å². The number of carbonyl (C=O) groups excluding carboxylic acids is 1. The number of thioether (sulfide) groups is 1. The first-order valence-corrected chi connectivity index (χ1v) is 5.86. The first kappa shape index (κ1) is 12.8. The van der Waals surface area contributed by atoms with Gasteiger partial charge in [-0.2, -0.15) is 5.26 Å². The number of anilines is 1. The minimum atomic E-state index is -0.529. The number of benzene rings is 1. The van der Waals surface area contributed by atoms with Crippen LogP contribution in [0.4, 0.5) is 10.1 Å². The Morgan fingerprint density at radius 3 is 3.00 bits per heavy atom. The number of nitrogens with zero attached hydrogens (tertiary/aromatic N) is 1. The van der Waals surface area contributed by atoms with E-state index in [1.807, 2.05) is 6.07 Å². The molecule has 1 N–H and O–H groups in total. The fourth-order valence-corrected chi connectivity index (χ4v) is 1.59. The molecule has 1 rings (SSSR count). The number of hydrogen-bond acceptors (Lipinski definition) is 3. The van der Waals surface area contributed by atoms with Crippen molar-refractivity contribution in [2.24, 2.45) is 0 Å². The lowest BCUT2D eigenvalue weighted by atomic mass is 10.3. The Labute approximate surface area is 102 Å². The molecule has 0 aromatic heterocycles. The van der Waals surface area contributed by atoms with Crippen LogP contribution in [0.15, 0.2) is 18.2 Å². The lowest BCUT2D eigenvalue weighted by Crippen LogP contribution is -2.14. The van der Waals surface area contributed by atoms with Gasteiger partial charge in [0, 0.05) is 5.69 Å². The average Bonchev–Trinajstić information content (AvgIpc) is 2.24. The molecule has 84 valence electrons. The van der Waals surface area contributed by atoms with Crippen molar-refractivity contribution in [1.29, 1.82) is 5.26 Å². The van der Waals surface area contributed by atoms with Crippen LogP contribution in [0, 0.1) is 17.1 Å². The quantitative estimate of drug-likeness (QED) is 0.845. The third kappa shape index (κ3) is 4.09. The van der Waals surface area contributed by atoms with Gasteiger partial charge in [-0.3, -0.25) is 4.79 Å². The van der Waals surface area contributed by atoms with Gasteiger partial charge in [0.25, 0.3) is 0 Å². The summed E-state index contributed by atoms with van der Waals surface area (Å²) in [7, 11) is 0. The van der Waals surface area contributed by atoms with Crippen LogP contribution in [0.1, 0.15) is 0 Å². The maximum absolute atomic E-state index is 12.8. The van der Waals surface area contributed by atoms with Gasteiger partial charge in [-0.1, -0.05) is 11.6 Å². The van der Waals surface area contributed by atoms with E-state index in [0.29, 0.717) is 5.69 Å². The van der Waals surface area contributed by atoms with Crippen LogP contribution < -0.4 is 5.32 Å². The number of hydrogen-bond donors (Lipinski definition) is 1. The molecule has 6 heteroatoms. The summed E-state index contributed by atoms with van der Waals surface area (Å²) in [5, 5.41) is 10.8. The van der Waals surface area contributed by atoms with Gasteiger partial charge in [-0.25, -0.2) is 4.39 Å². The summed E-state index contributed by atoms with van der Waals surface area (Å²) in [5.41, 5.74) is 0.439. The van der Waals surface area contributed by atoms with Crippen molar-refractivity contribution in [2.75, 3.05) is 16.8 Å². The number of nitriles is 1. The highest BCUT2D eigenvalue weighted by molar-refractivity contribution is 8.00. The van der Waals surface area contributed by atoms with Crippen molar-refractivity contribution < 1.29 is 9.18 Å². The van der Waals surface area contributed by atoms with E-state index in [4.69, 9.17) is 16.9 Å². The third-order valence-electron chi connectivity index (χ3n) is 1.60. The molecule has 3 nitrogen and oxygen atoms in total. The SMILES string of the molecule is N#CCSCC(=O)Nc1ccc(F)c(Cl)c1. The highest BCUT2D eigenvalue weighted by Gasteiger charge is 2.05. The van der Waals surface area contributed by atoms with Crippen LogP contribution in [-0.4, -0.2) is 17.4 Å². The van der Waals surface area contributed by atoms with Crippen LogP contribution in [0.5, 0.6) is 0 Å². The Bertz CT molecular complexity index is 433. The number of halogens is 2. The molecule has 0 radical (unpaired) electrons. The molecule has 0 unspecified atom stereocenters. The molecule has 0 saturated heterocycles. The molecular weight excluding hydrogens is 251 g/mol. The molecule has 0 fully saturated rings. The van der Waals surface area contributed by atoms with Crippen LogP contribution in [0.2, 0.25) is 5.02 Å². The molecule has 0 aliphatic rings. The van der Waals surface area contributed by atoms with Gasteiger partial charge in [0.15, 0.2) is 0 Å². The maximum Gasteiger partial charge on any atom is 0.234 e. The summed E-state index contributed by atoms with van der Waals surface area (Å²) in [5.74, 6) is -0.332.